The quantitative estimate of drug-likeness (QED) is 0.719. The Kier molecular flexibility index (Phi) is 3.86. The van der Waals surface area contributed by atoms with Gasteiger partial charge in [-0.25, -0.2) is 4.90 Å². The Bertz CT molecular complexity index is 1120. The topological polar surface area (TPSA) is 68.2 Å². The molecule has 2 aromatic carbocycles. The van der Waals surface area contributed by atoms with E-state index in [0.29, 0.717) is 0 Å². The number of hydrogen-bond acceptors (Lipinski definition) is 5. The molecular formula is C25H24N2O4. The largest absolute Gasteiger partial charge is 0.497 e. The summed E-state index contributed by atoms with van der Waals surface area (Å²) in [5, 5.41) is 4.41. The molecule has 2 bridgehead atoms. The number of rotatable bonds is 3. The standard InChI is InChI=1S/C25H24N2O4/c1-12-5-4-6-13(2)22(12)27-24(28)18-16-11-17(19(18)25(27)29)23-20(16)21(26-31-23)14-7-9-15(30-3)10-8-14/h4-10,16-20,23H,11H2,1-3H3/t16-,17+,18+,19-,20-,23+/m0/s1. The maximum Gasteiger partial charge on any atom is 0.238 e. The summed E-state index contributed by atoms with van der Waals surface area (Å²) in [6.07, 6.45) is 0.718. The fourth-order valence-electron chi connectivity index (χ4n) is 6.51. The van der Waals surface area contributed by atoms with Crippen molar-refractivity contribution in [3.8, 4) is 5.75 Å². The van der Waals surface area contributed by atoms with E-state index in [0.717, 1.165) is 40.3 Å². The maximum atomic E-state index is 13.6. The Morgan fingerprint density at radius 1 is 0.935 bits per heavy atom. The number of fused-ring (bicyclic) bond motifs is 8. The lowest BCUT2D eigenvalue weighted by atomic mass is 9.71. The molecule has 2 amide bonds. The first-order chi connectivity index (χ1) is 15.0. The average molecular weight is 416 g/mol. The fourth-order valence-corrected chi connectivity index (χ4v) is 6.51. The number of anilines is 1. The molecule has 1 saturated heterocycles. The third kappa shape index (κ3) is 2.36. The molecule has 3 fully saturated rings. The van der Waals surface area contributed by atoms with E-state index in [4.69, 9.17) is 9.57 Å². The summed E-state index contributed by atoms with van der Waals surface area (Å²) in [6, 6.07) is 13.7. The van der Waals surface area contributed by atoms with Crippen molar-refractivity contribution in [2.24, 2.45) is 34.7 Å². The number of methoxy groups -OCH3 is 1. The first-order valence-electron chi connectivity index (χ1n) is 10.8. The Hall–Kier alpha value is -3.15. The number of carbonyl (C=O) groups excluding carboxylic acids is 2. The summed E-state index contributed by atoms with van der Waals surface area (Å²) in [4.78, 5) is 34.5. The molecule has 2 aliphatic carbocycles. The van der Waals surface area contributed by atoms with E-state index in [1.807, 2.05) is 56.3 Å². The Balaban J connectivity index is 1.36. The van der Waals surface area contributed by atoms with Crippen molar-refractivity contribution in [2.75, 3.05) is 12.0 Å². The zero-order valence-electron chi connectivity index (χ0n) is 17.7. The Morgan fingerprint density at radius 2 is 1.58 bits per heavy atom. The molecule has 0 radical (unpaired) electrons. The summed E-state index contributed by atoms with van der Waals surface area (Å²) in [5.41, 5.74) is 4.53. The van der Waals surface area contributed by atoms with Gasteiger partial charge in [0, 0.05) is 17.4 Å². The molecule has 0 aromatic heterocycles. The highest BCUT2D eigenvalue weighted by atomic mass is 16.6. The molecule has 6 atom stereocenters. The van der Waals surface area contributed by atoms with Gasteiger partial charge in [0.15, 0.2) is 0 Å². The van der Waals surface area contributed by atoms with Gasteiger partial charge in [0.05, 0.1) is 30.3 Å². The van der Waals surface area contributed by atoms with Crippen molar-refractivity contribution in [3.05, 3.63) is 59.2 Å². The van der Waals surface area contributed by atoms with Crippen LogP contribution in [0, 0.1) is 43.4 Å². The number of oxime groups is 1. The second-order valence-electron chi connectivity index (χ2n) is 9.17. The molecule has 2 aromatic rings. The van der Waals surface area contributed by atoms with Crippen molar-refractivity contribution in [1.82, 2.24) is 0 Å². The zero-order valence-corrected chi connectivity index (χ0v) is 17.7. The van der Waals surface area contributed by atoms with Crippen LogP contribution in [0.3, 0.4) is 0 Å². The van der Waals surface area contributed by atoms with Crippen molar-refractivity contribution in [2.45, 2.75) is 26.4 Å². The number of para-hydroxylation sites is 1. The Labute approximate surface area is 180 Å². The predicted octanol–water partition coefficient (Wildman–Crippen LogP) is 3.49. The second-order valence-corrected chi connectivity index (χ2v) is 9.17. The molecule has 6 nitrogen and oxygen atoms in total. The molecule has 2 aliphatic heterocycles. The van der Waals surface area contributed by atoms with Crippen LogP contribution in [0.1, 0.15) is 23.1 Å². The fraction of sp³-hybridized carbons (Fsp3) is 0.400. The van der Waals surface area contributed by atoms with Crippen LogP contribution in [0.2, 0.25) is 0 Å². The van der Waals surface area contributed by atoms with E-state index < -0.39 is 0 Å². The van der Waals surface area contributed by atoms with Gasteiger partial charge in [-0.15, -0.1) is 0 Å². The molecule has 2 saturated carbocycles. The number of amides is 2. The molecule has 6 rings (SSSR count). The lowest BCUT2D eigenvalue weighted by Crippen LogP contribution is -2.41. The van der Waals surface area contributed by atoms with Crippen LogP contribution in [-0.4, -0.2) is 30.7 Å². The van der Waals surface area contributed by atoms with E-state index in [-0.39, 0.29) is 47.5 Å². The number of aryl methyl sites for hydroxylation is 2. The highest BCUT2D eigenvalue weighted by Gasteiger charge is 2.70. The lowest BCUT2D eigenvalue weighted by molar-refractivity contribution is -0.125. The van der Waals surface area contributed by atoms with Gasteiger partial charge in [-0.2, -0.15) is 0 Å². The van der Waals surface area contributed by atoms with E-state index in [1.165, 1.54) is 4.90 Å². The molecule has 6 heteroatoms. The van der Waals surface area contributed by atoms with Crippen LogP contribution in [0.5, 0.6) is 5.75 Å². The molecule has 0 spiro atoms. The van der Waals surface area contributed by atoms with E-state index in [9.17, 15) is 9.59 Å². The van der Waals surface area contributed by atoms with Gasteiger partial charge >= 0.3 is 0 Å². The first kappa shape index (κ1) is 18.6. The van der Waals surface area contributed by atoms with E-state index >= 15 is 0 Å². The van der Waals surface area contributed by atoms with Crippen molar-refractivity contribution in [1.29, 1.82) is 0 Å². The van der Waals surface area contributed by atoms with Crippen molar-refractivity contribution in [3.63, 3.8) is 0 Å². The van der Waals surface area contributed by atoms with Gasteiger partial charge in [0.2, 0.25) is 11.8 Å². The number of hydrogen-bond donors (Lipinski definition) is 0. The van der Waals surface area contributed by atoms with E-state index in [2.05, 4.69) is 5.16 Å². The van der Waals surface area contributed by atoms with Crippen LogP contribution >= 0.6 is 0 Å². The summed E-state index contributed by atoms with van der Waals surface area (Å²) in [7, 11) is 1.64. The third-order valence-corrected chi connectivity index (χ3v) is 7.74. The molecular weight excluding hydrogens is 392 g/mol. The normalized spacial score (nSPS) is 32.7. The third-order valence-electron chi connectivity index (χ3n) is 7.74. The lowest BCUT2D eigenvalue weighted by Gasteiger charge is -2.29. The highest BCUT2D eigenvalue weighted by Crippen LogP contribution is 2.62. The van der Waals surface area contributed by atoms with Crippen LogP contribution in [-0.2, 0) is 14.4 Å². The van der Waals surface area contributed by atoms with Gasteiger partial charge < -0.3 is 9.57 Å². The minimum absolute atomic E-state index is 0.0327. The predicted molar refractivity (Wildman–Crippen MR) is 115 cm³/mol. The molecule has 0 N–H and O–H groups in total. The van der Waals surface area contributed by atoms with Gasteiger partial charge in [0.25, 0.3) is 0 Å². The van der Waals surface area contributed by atoms with Crippen molar-refractivity contribution < 1.29 is 19.2 Å². The number of nitrogens with zero attached hydrogens (tertiary/aromatic N) is 2. The van der Waals surface area contributed by atoms with Gasteiger partial charge in [-0.05, 0) is 61.6 Å². The second kappa shape index (κ2) is 6.42. The minimum atomic E-state index is -0.303. The number of benzene rings is 2. The first-order valence-corrected chi connectivity index (χ1v) is 10.8. The van der Waals surface area contributed by atoms with Crippen LogP contribution in [0.15, 0.2) is 47.6 Å². The SMILES string of the molecule is COc1ccc(C2=NO[C@@H]3[C@@H]4C[C@H]([C@@H]23)[C@H]2C(=O)N(c3c(C)cccc3C)C(=O)[C@@H]42)cc1. The average Bonchev–Trinajstić information content (AvgIpc) is 3.50. The number of imide groups is 1. The smallest absolute Gasteiger partial charge is 0.238 e. The molecule has 158 valence electrons. The monoisotopic (exact) mass is 416 g/mol. The number of ether oxygens (including phenoxy) is 1. The highest BCUT2D eigenvalue weighted by molar-refractivity contribution is 6.23. The van der Waals surface area contributed by atoms with Crippen LogP contribution in [0.4, 0.5) is 5.69 Å². The van der Waals surface area contributed by atoms with Gasteiger partial charge in [0.1, 0.15) is 11.9 Å². The molecule has 31 heavy (non-hydrogen) atoms. The summed E-state index contributed by atoms with van der Waals surface area (Å²) >= 11 is 0. The molecule has 0 unspecified atom stereocenters. The Morgan fingerprint density at radius 3 is 2.23 bits per heavy atom. The van der Waals surface area contributed by atoms with E-state index in [1.54, 1.807) is 7.11 Å². The zero-order chi connectivity index (χ0) is 21.4. The summed E-state index contributed by atoms with van der Waals surface area (Å²) in [6.45, 7) is 3.91. The number of carbonyl (C=O) groups is 2. The van der Waals surface area contributed by atoms with Gasteiger partial charge in [-0.1, -0.05) is 23.4 Å². The molecule has 2 heterocycles. The maximum absolute atomic E-state index is 13.6. The minimum Gasteiger partial charge on any atom is -0.497 e. The summed E-state index contributed by atoms with van der Waals surface area (Å²) < 4.78 is 5.26. The van der Waals surface area contributed by atoms with Gasteiger partial charge in [-0.3, -0.25) is 9.59 Å². The van der Waals surface area contributed by atoms with Crippen LogP contribution < -0.4 is 9.64 Å². The van der Waals surface area contributed by atoms with Crippen LogP contribution in [0.25, 0.3) is 0 Å². The summed E-state index contributed by atoms with van der Waals surface area (Å²) in [5.74, 6) is 0.229. The van der Waals surface area contributed by atoms with Crippen molar-refractivity contribution >= 4 is 23.2 Å². The molecule has 4 aliphatic rings.